The molecule has 0 aliphatic carbocycles. The summed E-state index contributed by atoms with van der Waals surface area (Å²) in [5.74, 6) is -0.727. The van der Waals surface area contributed by atoms with E-state index in [0.29, 0.717) is 12.0 Å². The van der Waals surface area contributed by atoms with E-state index in [-0.39, 0.29) is 18.2 Å². The van der Waals surface area contributed by atoms with E-state index in [1.165, 1.54) is 12.1 Å². The summed E-state index contributed by atoms with van der Waals surface area (Å²) in [5.41, 5.74) is 1.44. The predicted octanol–water partition coefficient (Wildman–Crippen LogP) is 3.25. The highest BCUT2D eigenvalue weighted by atomic mass is 19.4. The molecule has 0 aromatic heterocycles. The van der Waals surface area contributed by atoms with Gasteiger partial charge in [0.25, 0.3) is 5.91 Å². The SMILES string of the molecule is O=C1N[C@H](Cc2ccccc2)C(=O)N1Cc1ccc(OC(F)(F)F)cc1. The first-order valence-electron chi connectivity index (χ1n) is 7.82. The number of urea groups is 1. The summed E-state index contributed by atoms with van der Waals surface area (Å²) >= 11 is 0. The standard InChI is InChI=1S/C18H15F3N2O3/c19-18(20,21)26-14-8-6-13(7-9-14)11-23-16(24)15(22-17(23)25)10-12-4-2-1-3-5-12/h1-9,15H,10-11H2,(H,22,25)/t15-/m1/s1. The van der Waals surface area contributed by atoms with Crippen LogP contribution < -0.4 is 10.1 Å². The van der Waals surface area contributed by atoms with Gasteiger partial charge in [-0.1, -0.05) is 42.5 Å². The summed E-state index contributed by atoms with van der Waals surface area (Å²) < 4.78 is 40.3. The molecule has 1 atom stereocenters. The fraction of sp³-hybridized carbons (Fsp3) is 0.222. The lowest BCUT2D eigenvalue weighted by Crippen LogP contribution is -2.32. The topological polar surface area (TPSA) is 58.6 Å². The number of rotatable bonds is 5. The lowest BCUT2D eigenvalue weighted by Gasteiger charge is -2.14. The minimum atomic E-state index is -4.77. The molecule has 0 saturated carbocycles. The first kappa shape index (κ1) is 17.8. The van der Waals surface area contributed by atoms with E-state index in [0.717, 1.165) is 22.6 Å². The Kier molecular flexibility index (Phi) is 4.83. The molecule has 1 heterocycles. The third kappa shape index (κ3) is 4.33. The van der Waals surface area contributed by atoms with Crippen LogP contribution in [0.1, 0.15) is 11.1 Å². The van der Waals surface area contributed by atoms with Crippen LogP contribution >= 0.6 is 0 Å². The van der Waals surface area contributed by atoms with Crippen molar-refractivity contribution in [3.63, 3.8) is 0 Å². The smallest absolute Gasteiger partial charge is 0.406 e. The fourth-order valence-corrected chi connectivity index (χ4v) is 2.69. The minimum absolute atomic E-state index is 0.0255. The fourth-order valence-electron chi connectivity index (χ4n) is 2.69. The van der Waals surface area contributed by atoms with Crippen LogP contribution in [0.4, 0.5) is 18.0 Å². The highest BCUT2D eigenvalue weighted by Crippen LogP contribution is 2.23. The quantitative estimate of drug-likeness (QED) is 0.829. The van der Waals surface area contributed by atoms with Gasteiger partial charge < -0.3 is 10.1 Å². The van der Waals surface area contributed by atoms with E-state index in [2.05, 4.69) is 10.1 Å². The van der Waals surface area contributed by atoms with Crippen molar-refractivity contribution in [1.29, 1.82) is 0 Å². The molecule has 8 heteroatoms. The Morgan fingerprint density at radius 2 is 1.62 bits per heavy atom. The highest BCUT2D eigenvalue weighted by molar-refractivity contribution is 6.04. The Labute approximate surface area is 147 Å². The van der Waals surface area contributed by atoms with Gasteiger partial charge in [-0.25, -0.2) is 4.79 Å². The number of carbonyl (C=O) groups is 2. The van der Waals surface area contributed by atoms with Gasteiger partial charge in [0.1, 0.15) is 11.8 Å². The number of carbonyl (C=O) groups excluding carboxylic acids is 2. The molecule has 0 radical (unpaired) electrons. The molecule has 5 nitrogen and oxygen atoms in total. The van der Waals surface area contributed by atoms with Crippen LogP contribution in [0, 0.1) is 0 Å². The van der Waals surface area contributed by atoms with Crippen molar-refractivity contribution >= 4 is 11.9 Å². The molecule has 3 rings (SSSR count). The van der Waals surface area contributed by atoms with Crippen molar-refractivity contribution in [3.05, 3.63) is 65.7 Å². The number of halogens is 3. The number of ether oxygens (including phenoxy) is 1. The van der Waals surface area contributed by atoms with Gasteiger partial charge in [-0.2, -0.15) is 0 Å². The molecular weight excluding hydrogens is 349 g/mol. The monoisotopic (exact) mass is 364 g/mol. The van der Waals surface area contributed by atoms with Gasteiger partial charge >= 0.3 is 12.4 Å². The molecule has 26 heavy (non-hydrogen) atoms. The van der Waals surface area contributed by atoms with Crippen LogP contribution in [0.25, 0.3) is 0 Å². The number of hydrogen-bond acceptors (Lipinski definition) is 3. The van der Waals surface area contributed by atoms with Crippen LogP contribution in [-0.4, -0.2) is 29.2 Å². The van der Waals surface area contributed by atoms with Crippen LogP contribution in [0.15, 0.2) is 54.6 Å². The maximum absolute atomic E-state index is 12.4. The van der Waals surface area contributed by atoms with E-state index in [4.69, 9.17) is 0 Å². The summed E-state index contributed by atoms with van der Waals surface area (Å²) in [6.45, 7) is -0.0255. The van der Waals surface area contributed by atoms with Gasteiger partial charge in [-0.3, -0.25) is 9.69 Å². The summed E-state index contributed by atoms with van der Waals surface area (Å²) in [7, 11) is 0. The summed E-state index contributed by atoms with van der Waals surface area (Å²) in [4.78, 5) is 25.6. The molecule has 2 aromatic carbocycles. The molecule has 1 N–H and O–H groups in total. The molecule has 0 bridgehead atoms. The van der Waals surface area contributed by atoms with Crippen LogP contribution in [0.3, 0.4) is 0 Å². The second-order valence-corrected chi connectivity index (χ2v) is 5.81. The van der Waals surface area contributed by atoms with Crippen molar-refractivity contribution in [2.75, 3.05) is 0 Å². The minimum Gasteiger partial charge on any atom is -0.406 e. The molecule has 1 aliphatic heterocycles. The first-order chi connectivity index (χ1) is 12.3. The normalized spacial score (nSPS) is 17.3. The lowest BCUT2D eigenvalue weighted by atomic mass is 10.1. The van der Waals surface area contributed by atoms with Gasteiger partial charge in [0.2, 0.25) is 0 Å². The Balaban J connectivity index is 1.64. The molecule has 136 valence electrons. The third-order valence-electron chi connectivity index (χ3n) is 3.89. The summed E-state index contributed by atoms with van der Waals surface area (Å²) in [5, 5.41) is 2.63. The Bertz CT molecular complexity index is 792. The second kappa shape index (κ2) is 7.07. The van der Waals surface area contributed by atoms with Crippen molar-refractivity contribution in [3.8, 4) is 5.75 Å². The van der Waals surface area contributed by atoms with E-state index < -0.39 is 18.4 Å². The molecule has 1 saturated heterocycles. The summed E-state index contributed by atoms with van der Waals surface area (Å²) in [6.07, 6.45) is -4.39. The highest BCUT2D eigenvalue weighted by Gasteiger charge is 2.37. The Hall–Kier alpha value is -3.03. The number of hydrogen-bond donors (Lipinski definition) is 1. The van der Waals surface area contributed by atoms with Crippen molar-refractivity contribution < 1.29 is 27.5 Å². The van der Waals surface area contributed by atoms with Gasteiger partial charge in [0.05, 0.1) is 6.54 Å². The Morgan fingerprint density at radius 1 is 0.962 bits per heavy atom. The van der Waals surface area contributed by atoms with Gasteiger partial charge in [-0.15, -0.1) is 13.2 Å². The number of benzene rings is 2. The van der Waals surface area contributed by atoms with Crippen molar-refractivity contribution in [2.45, 2.75) is 25.4 Å². The number of nitrogens with one attached hydrogen (secondary N) is 1. The third-order valence-corrected chi connectivity index (χ3v) is 3.89. The molecule has 0 spiro atoms. The van der Waals surface area contributed by atoms with Crippen molar-refractivity contribution in [2.24, 2.45) is 0 Å². The molecule has 1 aliphatic rings. The van der Waals surface area contributed by atoms with Crippen LogP contribution in [0.5, 0.6) is 5.75 Å². The van der Waals surface area contributed by atoms with E-state index >= 15 is 0 Å². The molecule has 1 fully saturated rings. The lowest BCUT2D eigenvalue weighted by molar-refractivity contribution is -0.274. The zero-order chi connectivity index (χ0) is 18.7. The van der Waals surface area contributed by atoms with E-state index in [1.807, 2.05) is 30.3 Å². The maximum Gasteiger partial charge on any atom is 0.573 e. The number of amides is 3. The van der Waals surface area contributed by atoms with Crippen LogP contribution in [0.2, 0.25) is 0 Å². The van der Waals surface area contributed by atoms with Gasteiger partial charge in [-0.05, 0) is 23.3 Å². The van der Waals surface area contributed by atoms with Crippen LogP contribution in [-0.2, 0) is 17.8 Å². The average molecular weight is 364 g/mol. The molecule has 3 amide bonds. The zero-order valence-corrected chi connectivity index (χ0v) is 13.5. The molecule has 2 aromatic rings. The number of nitrogens with zero attached hydrogens (tertiary/aromatic N) is 1. The predicted molar refractivity (Wildman–Crippen MR) is 86.1 cm³/mol. The van der Waals surface area contributed by atoms with Gasteiger partial charge in [0, 0.05) is 6.42 Å². The van der Waals surface area contributed by atoms with E-state index in [1.54, 1.807) is 0 Å². The second-order valence-electron chi connectivity index (χ2n) is 5.81. The first-order valence-corrected chi connectivity index (χ1v) is 7.82. The molecule has 0 unspecified atom stereocenters. The molecular formula is C18H15F3N2O3. The average Bonchev–Trinajstić information content (AvgIpc) is 2.84. The summed E-state index contributed by atoms with van der Waals surface area (Å²) in [6, 6.07) is 13.1. The van der Waals surface area contributed by atoms with Gasteiger partial charge in [0.15, 0.2) is 0 Å². The van der Waals surface area contributed by atoms with Crippen molar-refractivity contribution in [1.82, 2.24) is 10.2 Å². The largest absolute Gasteiger partial charge is 0.573 e. The number of imide groups is 1. The number of alkyl halides is 3. The maximum atomic E-state index is 12.4. The Morgan fingerprint density at radius 3 is 2.23 bits per heavy atom. The zero-order valence-electron chi connectivity index (χ0n) is 13.5. The van der Waals surface area contributed by atoms with E-state index in [9.17, 15) is 22.8 Å².